The predicted molar refractivity (Wildman–Crippen MR) is 138 cm³/mol. The quantitative estimate of drug-likeness (QED) is 0.582. The maximum Gasteiger partial charge on any atom is 0.330 e. The van der Waals surface area contributed by atoms with Gasteiger partial charge in [0.1, 0.15) is 17.5 Å². The first-order valence-corrected chi connectivity index (χ1v) is 13.5. The molecule has 4 aliphatic rings. The number of anilines is 4. The zero-order valence-corrected chi connectivity index (χ0v) is 20.8. The van der Waals surface area contributed by atoms with Gasteiger partial charge >= 0.3 is 6.05 Å². The molecule has 194 valence electrons. The summed E-state index contributed by atoms with van der Waals surface area (Å²) in [5, 5.41) is 3.77. The first kappa shape index (κ1) is 23.6. The maximum absolute atomic E-state index is 14.0. The zero-order valence-electron chi connectivity index (χ0n) is 20.8. The summed E-state index contributed by atoms with van der Waals surface area (Å²) in [5.41, 5.74) is 4.90. The highest BCUT2D eigenvalue weighted by molar-refractivity contribution is 5.56. The average Bonchev–Trinajstić information content (AvgIpc) is 3.52. The number of rotatable bonds is 6. The van der Waals surface area contributed by atoms with Crippen molar-refractivity contribution in [3.05, 3.63) is 30.0 Å². The van der Waals surface area contributed by atoms with Gasteiger partial charge in [-0.1, -0.05) is 6.42 Å². The number of nitrogens with one attached hydrogen (secondary N) is 1. The number of piperidine rings is 1. The normalized spacial score (nSPS) is 26.5. The van der Waals surface area contributed by atoms with Crippen LogP contribution >= 0.6 is 0 Å². The molecule has 2 aliphatic heterocycles. The molecule has 2 saturated carbocycles. The van der Waals surface area contributed by atoms with Crippen LogP contribution < -0.4 is 25.8 Å². The van der Waals surface area contributed by atoms with Crippen LogP contribution in [-0.2, 0) is 6.05 Å². The Balaban J connectivity index is 1.21. The van der Waals surface area contributed by atoms with Gasteiger partial charge in [0.05, 0.1) is 5.56 Å². The second-order valence-electron chi connectivity index (χ2n) is 10.9. The molecule has 0 amide bonds. The molecule has 10 heteroatoms. The topological polar surface area (TPSA) is 86.4 Å². The fraction of sp³-hybridized carbons (Fsp3) is 0.654. The summed E-state index contributed by atoms with van der Waals surface area (Å²) in [6.07, 6.45) is 10.4. The number of pyridine rings is 1. The van der Waals surface area contributed by atoms with E-state index in [-0.39, 0.29) is 11.4 Å². The molecule has 2 bridgehead atoms. The third-order valence-corrected chi connectivity index (χ3v) is 8.46. The molecule has 2 aromatic rings. The number of alkyl halides is 2. The van der Waals surface area contributed by atoms with E-state index in [1.54, 1.807) is 0 Å². The van der Waals surface area contributed by atoms with Gasteiger partial charge in [0.2, 0.25) is 5.95 Å². The van der Waals surface area contributed by atoms with Crippen molar-refractivity contribution in [1.29, 1.82) is 0 Å². The molecule has 0 aromatic carbocycles. The monoisotopic (exact) mass is 498 g/mol. The van der Waals surface area contributed by atoms with Gasteiger partial charge in [-0.25, -0.2) is 4.98 Å². The van der Waals surface area contributed by atoms with E-state index in [0.717, 1.165) is 36.6 Å². The Morgan fingerprint density at radius 2 is 1.69 bits per heavy atom. The molecule has 2 aromatic heterocycles. The van der Waals surface area contributed by atoms with E-state index < -0.39 is 6.05 Å². The van der Waals surface area contributed by atoms with Crippen molar-refractivity contribution in [2.45, 2.75) is 57.0 Å². The fourth-order valence-electron chi connectivity index (χ4n) is 6.56. The second kappa shape index (κ2) is 9.61. The number of piperazine rings is 1. The Bertz CT molecular complexity index is 1060. The molecule has 2 aliphatic carbocycles. The molecule has 6 rings (SSSR count). The van der Waals surface area contributed by atoms with E-state index in [0.29, 0.717) is 38.2 Å². The van der Waals surface area contributed by atoms with Crippen LogP contribution in [0.1, 0.15) is 50.5 Å². The molecule has 3 atom stereocenters. The van der Waals surface area contributed by atoms with Crippen molar-refractivity contribution in [2.24, 2.45) is 17.6 Å². The van der Waals surface area contributed by atoms with Gasteiger partial charge in [0, 0.05) is 57.6 Å². The molecule has 3 N–H and O–H groups in total. The van der Waals surface area contributed by atoms with Crippen LogP contribution in [0.3, 0.4) is 0 Å². The number of fused-ring (bicyclic) bond motifs is 2. The average molecular weight is 499 g/mol. The summed E-state index contributed by atoms with van der Waals surface area (Å²) in [7, 11) is 0. The van der Waals surface area contributed by atoms with Crippen molar-refractivity contribution in [1.82, 2.24) is 15.0 Å². The SMILES string of the molecule is NC(F)(F)c1cccnc1N1CCN(c2nc(NC3CC4CCC3C4)cc(N3CCCCC3)n2)CC1. The number of nitrogens with two attached hydrogens (primary N) is 1. The molecule has 36 heavy (non-hydrogen) atoms. The number of halogens is 2. The van der Waals surface area contributed by atoms with Gasteiger partial charge in [0.15, 0.2) is 0 Å². The van der Waals surface area contributed by atoms with Crippen molar-refractivity contribution in [2.75, 3.05) is 59.3 Å². The lowest BCUT2D eigenvalue weighted by Crippen LogP contribution is -2.48. The van der Waals surface area contributed by atoms with Crippen molar-refractivity contribution in [3.8, 4) is 0 Å². The van der Waals surface area contributed by atoms with Crippen LogP contribution in [0.2, 0.25) is 0 Å². The van der Waals surface area contributed by atoms with Crippen LogP contribution in [0.4, 0.5) is 32.2 Å². The smallest absolute Gasteiger partial charge is 0.330 e. The molecule has 0 spiro atoms. The predicted octanol–water partition coefficient (Wildman–Crippen LogP) is 3.80. The minimum atomic E-state index is -3.42. The Hall–Kier alpha value is -2.75. The third kappa shape index (κ3) is 4.79. The minimum Gasteiger partial charge on any atom is -0.367 e. The largest absolute Gasteiger partial charge is 0.367 e. The van der Waals surface area contributed by atoms with Gasteiger partial charge in [-0.2, -0.15) is 18.7 Å². The lowest BCUT2D eigenvalue weighted by Gasteiger charge is -2.37. The second-order valence-corrected chi connectivity index (χ2v) is 10.9. The van der Waals surface area contributed by atoms with E-state index in [1.807, 2.05) is 4.90 Å². The van der Waals surface area contributed by atoms with Crippen molar-refractivity contribution in [3.63, 3.8) is 0 Å². The Kier molecular flexibility index (Phi) is 6.31. The summed E-state index contributed by atoms with van der Waals surface area (Å²) in [6.45, 7) is 4.40. The van der Waals surface area contributed by atoms with Gasteiger partial charge in [-0.05, 0) is 62.5 Å². The number of nitrogens with zero attached hydrogens (tertiary/aromatic N) is 6. The lowest BCUT2D eigenvalue weighted by atomic mass is 9.95. The van der Waals surface area contributed by atoms with Crippen LogP contribution in [0.5, 0.6) is 0 Å². The highest BCUT2D eigenvalue weighted by atomic mass is 19.3. The molecule has 4 fully saturated rings. The molecule has 8 nitrogen and oxygen atoms in total. The van der Waals surface area contributed by atoms with Crippen LogP contribution in [0, 0.1) is 11.8 Å². The molecule has 4 heterocycles. The van der Waals surface area contributed by atoms with E-state index >= 15 is 0 Å². The van der Waals surface area contributed by atoms with E-state index in [2.05, 4.69) is 26.2 Å². The highest BCUT2D eigenvalue weighted by Crippen LogP contribution is 2.45. The summed E-state index contributed by atoms with van der Waals surface area (Å²) < 4.78 is 27.9. The van der Waals surface area contributed by atoms with Gasteiger partial charge < -0.3 is 20.0 Å². The van der Waals surface area contributed by atoms with Crippen LogP contribution in [-0.4, -0.2) is 60.3 Å². The van der Waals surface area contributed by atoms with Crippen LogP contribution in [0.15, 0.2) is 24.4 Å². The number of hydrogen-bond acceptors (Lipinski definition) is 8. The Labute approximate surface area is 211 Å². The fourth-order valence-corrected chi connectivity index (χ4v) is 6.56. The van der Waals surface area contributed by atoms with E-state index in [4.69, 9.17) is 15.7 Å². The summed E-state index contributed by atoms with van der Waals surface area (Å²) >= 11 is 0. The van der Waals surface area contributed by atoms with Gasteiger partial charge in [-0.3, -0.25) is 5.73 Å². The van der Waals surface area contributed by atoms with E-state index in [1.165, 1.54) is 63.3 Å². The Morgan fingerprint density at radius 3 is 2.39 bits per heavy atom. The molecular weight excluding hydrogens is 462 g/mol. The summed E-state index contributed by atoms with van der Waals surface area (Å²) in [6, 6.07) is 2.06. The van der Waals surface area contributed by atoms with E-state index in [9.17, 15) is 8.78 Å². The van der Waals surface area contributed by atoms with Gasteiger partial charge in [-0.15, -0.1) is 0 Å². The highest BCUT2D eigenvalue weighted by Gasteiger charge is 2.40. The van der Waals surface area contributed by atoms with Crippen molar-refractivity contribution < 1.29 is 8.78 Å². The first-order chi connectivity index (χ1) is 17.4. The number of aromatic nitrogens is 3. The third-order valence-electron chi connectivity index (χ3n) is 8.46. The Morgan fingerprint density at radius 1 is 0.917 bits per heavy atom. The maximum atomic E-state index is 14.0. The summed E-state index contributed by atoms with van der Waals surface area (Å²) in [4.78, 5) is 20.6. The van der Waals surface area contributed by atoms with Crippen LogP contribution in [0.25, 0.3) is 0 Å². The zero-order chi connectivity index (χ0) is 24.7. The molecular formula is C26H36F2N8. The summed E-state index contributed by atoms with van der Waals surface area (Å²) in [5.74, 6) is 4.49. The molecule has 0 radical (unpaired) electrons. The molecule has 2 saturated heterocycles. The van der Waals surface area contributed by atoms with Crippen molar-refractivity contribution >= 4 is 23.4 Å². The standard InChI is InChI=1S/C26H36F2N8/c27-26(28,29)20-5-4-8-30-24(20)35-11-13-36(14-12-35)25-32-22(31-21-16-18-6-7-19(21)15-18)17-23(33-25)34-9-2-1-3-10-34/h4-5,8,17-19,21H,1-3,6-7,9-16,29H2,(H,31,32,33). The number of hydrogen-bond donors (Lipinski definition) is 2. The minimum absolute atomic E-state index is 0.237. The molecule has 3 unspecified atom stereocenters. The lowest BCUT2D eigenvalue weighted by molar-refractivity contribution is 0.00315. The van der Waals surface area contributed by atoms with Gasteiger partial charge in [0.25, 0.3) is 0 Å². The first-order valence-electron chi connectivity index (χ1n) is 13.5.